The van der Waals surface area contributed by atoms with Crippen LogP contribution in [0, 0.1) is 0 Å². The van der Waals surface area contributed by atoms with Gasteiger partial charge >= 0.3 is 5.97 Å². The molecule has 2 nitrogen and oxygen atoms in total. The molecule has 1 aliphatic heterocycles. The predicted octanol–water partition coefficient (Wildman–Crippen LogP) is 2.81. The Balaban J connectivity index is 2.48. The van der Waals surface area contributed by atoms with Crippen molar-refractivity contribution < 1.29 is 9.53 Å². The van der Waals surface area contributed by atoms with E-state index in [2.05, 4.69) is 0 Å². The third kappa shape index (κ3) is 1.47. The van der Waals surface area contributed by atoms with E-state index in [0.29, 0.717) is 10.7 Å². The zero-order chi connectivity index (χ0) is 9.26. The van der Waals surface area contributed by atoms with Crippen molar-refractivity contribution in [3.05, 3.63) is 41.0 Å². The molecule has 66 valence electrons. The Labute approximate surface area is 80.6 Å². The Kier molecular flexibility index (Phi) is 2.10. The zero-order valence-electron chi connectivity index (χ0n) is 7.11. The van der Waals surface area contributed by atoms with E-state index in [-0.39, 0.29) is 5.97 Å². The van der Waals surface area contributed by atoms with E-state index >= 15 is 0 Å². The minimum absolute atomic E-state index is 0.262. The monoisotopic (exact) mass is 192 g/mol. The van der Waals surface area contributed by atoms with E-state index in [1.807, 2.05) is 25.1 Å². The van der Waals surface area contributed by atoms with Gasteiger partial charge in [0.15, 0.2) is 5.09 Å². The highest BCUT2D eigenvalue weighted by Crippen LogP contribution is 2.35. The summed E-state index contributed by atoms with van der Waals surface area (Å²) in [7, 11) is 0. The van der Waals surface area contributed by atoms with Gasteiger partial charge in [-0.15, -0.1) is 0 Å². The Bertz CT molecular complexity index is 382. The molecule has 0 amide bonds. The summed E-state index contributed by atoms with van der Waals surface area (Å²) in [5.74, 6) is -0.262. The maximum atomic E-state index is 11.4. The Morgan fingerprint density at radius 3 is 2.92 bits per heavy atom. The standard InChI is InChI=1S/C10H8O2S/c1-2-9-12-10(11)7-5-3-4-6-8(7)13-9/h2-6H,1H3/b9-2-. The summed E-state index contributed by atoms with van der Waals surface area (Å²) >= 11 is 1.48. The highest BCUT2D eigenvalue weighted by molar-refractivity contribution is 8.03. The third-order valence-electron chi connectivity index (χ3n) is 1.75. The molecule has 0 N–H and O–H groups in total. The topological polar surface area (TPSA) is 26.3 Å². The van der Waals surface area contributed by atoms with Gasteiger partial charge in [-0.2, -0.15) is 0 Å². The van der Waals surface area contributed by atoms with Crippen molar-refractivity contribution in [3.8, 4) is 0 Å². The van der Waals surface area contributed by atoms with Crippen LogP contribution in [0.3, 0.4) is 0 Å². The second-order valence-corrected chi connectivity index (χ2v) is 3.64. The second-order valence-electron chi connectivity index (χ2n) is 2.60. The first kappa shape index (κ1) is 8.38. The van der Waals surface area contributed by atoms with E-state index < -0.39 is 0 Å². The number of cyclic esters (lactones) is 1. The molecule has 0 spiro atoms. The molecule has 0 unspecified atom stereocenters. The van der Waals surface area contributed by atoms with Crippen LogP contribution in [0.25, 0.3) is 0 Å². The van der Waals surface area contributed by atoms with Crippen molar-refractivity contribution in [1.29, 1.82) is 0 Å². The second kappa shape index (κ2) is 3.26. The molecule has 1 heterocycles. The number of carbonyl (C=O) groups excluding carboxylic acids is 1. The smallest absolute Gasteiger partial charge is 0.345 e. The molecule has 0 fully saturated rings. The van der Waals surface area contributed by atoms with Crippen molar-refractivity contribution in [2.45, 2.75) is 11.8 Å². The maximum absolute atomic E-state index is 11.4. The molecule has 0 saturated carbocycles. The number of hydrogen-bond donors (Lipinski definition) is 0. The summed E-state index contributed by atoms with van der Waals surface area (Å²) < 4.78 is 5.05. The number of allylic oxidation sites excluding steroid dienone is 1. The molecule has 0 aromatic heterocycles. The summed E-state index contributed by atoms with van der Waals surface area (Å²) in [6.45, 7) is 1.85. The van der Waals surface area contributed by atoms with Crippen molar-refractivity contribution in [2.24, 2.45) is 0 Å². The van der Waals surface area contributed by atoms with Crippen LogP contribution < -0.4 is 0 Å². The van der Waals surface area contributed by atoms with Crippen LogP contribution in [0.1, 0.15) is 17.3 Å². The molecule has 3 heteroatoms. The van der Waals surface area contributed by atoms with Gasteiger partial charge in [-0.1, -0.05) is 23.9 Å². The zero-order valence-corrected chi connectivity index (χ0v) is 7.93. The van der Waals surface area contributed by atoms with Gasteiger partial charge in [0.25, 0.3) is 0 Å². The minimum atomic E-state index is -0.262. The summed E-state index contributed by atoms with van der Waals surface area (Å²) in [6, 6.07) is 7.44. The highest BCUT2D eigenvalue weighted by atomic mass is 32.2. The number of thioether (sulfide) groups is 1. The Morgan fingerprint density at radius 2 is 2.15 bits per heavy atom. The van der Waals surface area contributed by atoms with Gasteiger partial charge in [-0.05, 0) is 25.1 Å². The predicted molar refractivity (Wildman–Crippen MR) is 51.5 cm³/mol. The van der Waals surface area contributed by atoms with Crippen molar-refractivity contribution in [1.82, 2.24) is 0 Å². The normalized spacial score (nSPS) is 18.2. The fraction of sp³-hybridized carbons (Fsp3) is 0.100. The first-order valence-electron chi connectivity index (χ1n) is 3.96. The molecule has 13 heavy (non-hydrogen) atoms. The van der Waals surface area contributed by atoms with Gasteiger partial charge in [0.05, 0.1) is 5.56 Å². The van der Waals surface area contributed by atoms with Gasteiger partial charge in [-0.25, -0.2) is 4.79 Å². The molecule has 1 aromatic carbocycles. The molecular formula is C10H8O2S. The van der Waals surface area contributed by atoms with Crippen LogP contribution in [-0.2, 0) is 4.74 Å². The van der Waals surface area contributed by atoms with Gasteiger partial charge in [0.2, 0.25) is 0 Å². The number of benzene rings is 1. The summed E-state index contributed by atoms with van der Waals surface area (Å²) in [6.07, 6.45) is 1.79. The summed E-state index contributed by atoms with van der Waals surface area (Å²) in [5.41, 5.74) is 0.651. The summed E-state index contributed by atoms with van der Waals surface area (Å²) in [5, 5.41) is 0.656. The molecule has 1 aliphatic rings. The van der Waals surface area contributed by atoms with E-state index in [0.717, 1.165) is 4.90 Å². The van der Waals surface area contributed by atoms with Gasteiger partial charge in [0.1, 0.15) is 0 Å². The Morgan fingerprint density at radius 1 is 1.38 bits per heavy atom. The quantitative estimate of drug-likeness (QED) is 0.591. The molecule has 0 saturated heterocycles. The fourth-order valence-electron chi connectivity index (χ4n) is 1.12. The van der Waals surface area contributed by atoms with Crippen molar-refractivity contribution >= 4 is 17.7 Å². The van der Waals surface area contributed by atoms with Crippen molar-refractivity contribution in [2.75, 3.05) is 0 Å². The lowest BCUT2D eigenvalue weighted by atomic mass is 10.2. The van der Waals surface area contributed by atoms with Crippen LogP contribution in [0.5, 0.6) is 0 Å². The molecular weight excluding hydrogens is 184 g/mol. The lowest BCUT2D eigenvalue weighted by molar-refractivity contribution is 0.0641. The molecule has 1 aromatic rings. The Hall–Kier alpha value is -1.22. The highest BCUT2D eigenvalue weighted by Gasteiger charge is 2.21. The SMILES string of the molecule is C/C=C1/OC(=O)c2ccccc2S1. The molecule has 0 bridgehead atoms. The molecule has 2 rings (SSSR count). The maximum Gasteiger partial charge on any atom is 0.345 e. The number of fused-ring (bicyclic) bond motifs is 1. The molecule has 0 aliphatic carbocycles. The van der Waals surface area contributed by atoms with Gasteiger partial charge < -0.3 is 4.74 Å². The number of hydrogen-bond acceptors (Lipinski definition) is 3. The van der Waals surface area contributed by atoms with Crippen LogP contribution in [0.2, 0.25) is 0 Å². The number of carbonyl (C=O) groups is 1. The van der Waals surface area contributed by atoms with E-state index in [9.17, 15) is 4.79 Å². The van der Waals surface area contributed by atoms with Gasteiger partial charge in [0, 0.05) is 4.90 Å². The number of ether oxygens (including phenoxy) is 1. The fourth-order valence-corrected chi connectivity index (χ4v) is 1.98. The third-order valence-corrected chi connectivity index (χ3v) is 2.84. The summed E-state index contributed by atoms with van der Waals surface area (Å²) in [4.78, 5) is 12.3. The molecule has 0 atom stereocenters. The average Bonchev–Trinajstić information content (AvgIpc) is 2.18. The van der Waals surface area contributed by atoms with Crippen LogP contribution in [0.15, 0.2) is 40.3 Å². The first-order chi connectivity index (χ1) is 6.31. The van der Waals surface area contributed by atoms with Crippen LogP contribution >= 0.6 is 11.8 Å². The van der Waals surface area contributed by atoms with E-state index in [4.69, 9.17) is 4.74 Å². The van der Waals surface area contributed by atoms with E-state index in [1.54, 1.807) is 12.1 Å². The lowest BCUT2D eigenvalue weighted by Gasteiger charge is -2.16. The molecule has 0 radical (unpaired) electrons. The van der Waals surface area contributed by atoms with Crippen molar-refractivity contribution in [3.63, 3.8) is 0 Å². The lowest BCUT2D eigenvalue weighted by Crippen LogP contribution is -2.09. The average molecular weight is 192 g/mol. The first-order valence-corrected chi connectivity index (χ1v) is 4.78. The van der Waals surface area contributed by atoms with Crippen LogP contribution in [-0.4, -0.2) is 5.97 Å². The number of esters is 1. The number of rotatable bonds is 0. The van der Waals surface area contributed by atoms with Gasteiger partial charge in [-0.3, -0.25) is 0 Å². The van der Waals surface area contributed by atoms with Crippen LogP contribution in [0.4, 0.5) is 0 Å². The minimum Gasteiger partial charge on any atom is -0.416 e. The van der Waals surface area contributed by atoms with E-state index in [1.165, 1.54) is 11.8 Å². The largest absolute Gasteiger partial charge is 0.416 e.